The van der Waals surface area contributed by atoms with Crippen molar-refractivity contribution >= 4 is 17.1 Å². The summed E-state index contributed by atoms with van der Waals surface area (Å²) in [7, 11) is 0. The van der Waals surface area contributed by atoms with Gasteiger partial charge in [0.15, 0.2) is 17.3 Å². The molecule has 8 heteroatoms. The predicted molar refractivity (Wildman–Crippen MR) is 173 cm³/mol. The third-order valence-corrected chi connectivity index (χ3v) is 7.17. The Bertz CT molecular complexity index is 1860. The van der Waals surface area contributed by atoms with E-state index in [1.54, 1.807) is 30.5 Å². The highest BCUT2D eigenvalue weighted by atomic mass is 19.1. The van der Waals surface area contributed by atoms with Crippen LogP contribution in [0.2, 0.25) is 0 Å². The fourth-order valence-electron chi connectivity index (χ4n) is 4.93. The first-order valence-corrected chi connectivity index (χ1v) is 14.8. The summed E-state index contributed by atoms with van der Waals surface area (Å²) < 4.78 is 32.4. The van der Waals surface area contributed by atoms with Crippen molar-refractivity contribution in [2.24, 2.45) is 5.10 Å². The van der Waals surface area contributed by atoms with Gasteiger partial charge in [-0.3, -0.25) is 4.79 Å². The van der Waals surface area contributed by atoms with Gasteiger partial charge in [-0.25, -0.2) is 9.37 Å². The average Bonchev–Trinajstić information content (AvgIpc) is 3.01. The van der Waals surface area contributed by atoms with Crippen molar-refractivity contribution in [3.05, 3.63) is 117 Å². The molecule has 5 aromatic rings. The average molecular weight is 594 g/mol. The molecule has 226 valence electrons. The second-order valence-corrected chi connectivity index (χ2v) is 10.7. The number of benzene rings is 4. The van der Waals surface area contributed by atoms with Crippen LogP contribution in [0.4, 0.5) is 4.39 Å². The Morgan fingerprint density at radius 3 is 2.34 bits per heavy atom. The van der Waals surface area contributed by atoms with Crippen LogP contribution in [0.25, 0.3) is 22.3 Å². The Hall–Kier alpha value is -4.98. The zero-order chi connectivity index (χ0) is 31.2. The highest BCUT2D eigenvalue weighted by molar-refractivity contribution is 5.83. The molecule has 0 aliphatic rings. The minimum atomic E-state index is -0.297. The molecule has 1 heterocycles. The van der Waals surface area contributed by atoms with Gasteiger partial charge in [-0.15, -0.1) is 0 Å². The number of hydrogen-bond donors (Lipinski definition) is 0. The molecule has 0 N–H and O–H groups in total. The van der Waals surface area contributed by atoms with E-state index >= 15 is 0 Å². The Labute approximate surface area is 256 Å². The van der Waals surface area contributed by atoms with Crippen LogP contribution < -0.4 is 19.8 Å². The zero-order valence-corrected chi connectivity index (χ0v) is 25.6. The molecule has 0 unspecified atom stereocenters. The first-order chi connectivity index (χ1) is 21.3. The van der Waals surface area contributed by atoms with Crippen molar-refractivity contribution in [1.29, 1.82) is 0 Å². The molecule has 5 rings (SSSR count). The van der Waals surface area contributed by atoms with Gasteiger partial charge in [0.05, 0.1) is 30.3 Å². The topological polar surface area (TPSA) is 74.9 Å². The fourth-order valence-corrected chi connectivity index (χ4v) is 4.93. The maximum atomic E-state index is 13.8. The number of nitrogens with zero attached hydrogens (tertiary/aromatic N) is 3. The minimum absolute atomic E-state index is 0.195. The molecule has 7 nitrogen and oxygen atoms in total. The number of ether oxygens (including phenoxy) is 3. The van der Waals surface area contributed by atoms with Crippen LogP contribution >= 0.6 is 0 Å². The molecule has 0 aliphatic heterocycles. The summed E-state index contributed by atoms with van der Waals surface area (Å²) in [5.41, 5.74) is 4.62. The van der Waals surface area contributed by atoms with Gasteiger partial charge < -0.3 is 14.2 Å². The smallest absolute Gasteiger partial charge is 0.282 e. The summed E-state index contributed by atoms with van der Waals surface area (Å²) in [5.74, 6) is 2.25. The van der Waals surface area contributed by atoms with Gasteiger partial charge in [-0.05, 0) is 104 Å². The van der Waals surface area contributed by atoms with Crippen LogP contribution in [0, 0.1) is 12.7 Å². The summed E-state index contributed by atoms with van der Waals surface area (Å²) in [6.07, 6.45) is 1.61. The quantitative estimate of drug-likeness (QED) is 0.146. The summed E-state index contributed by atoms with van der Waals surface area (Å²) in [6, 6.07) is 22.9. The molecule has 4 aromatic carbocycles. The van der Waals surface area contributed by atoms with Crippen LogP contribution in [0.15, 0.2) is 88.8 Å². The van der Waals surface area contributed by atoms with Crippen molar-refractivity contribution in [3.8, 4) is 28.6 Å². The monoisotopic (exact) mass is 593 g/mol. The van der Waals surface area contributed by atoms with Crippen LogP contribution in [-0.4, -0.2) is 29.1 Å². The molecule has 0 aliphatic carbocycles. The molecule has 0 saturated heterocycles. The minimum Gasteiger partial charge on any atom is -0.494 e. The molecule has 1 aromatic heterocycles. The molecule has 0 saturated carbocycles. The van der Waals surface area contributed by atoms with Crippen molar-refractivity contribution in [2.45, 2.75) is 47.1 Å². The molecule has 0 bridgehead atoms. The third-order valence-electron chi connectivity index (χ3n) is 7.17. The lowest BCUT2D eigenvalue weighted by Crippen LogP contribution is -2.21. The highest BCUT2D eigenvalue weighted by Crippen LogP contribution is 2.34. The molecule has 0 fully saturated rings. The predicted octanol–water partition coefficient (Wildman–Crippen LogP) is 7.89. The number of para-hydroxylation sites is 1. The lowest BCUT2D eigenvalue weighted by Gasteiger charge is -2.18. The van der Waals surface area contributed by atoms with E-state index in [0.717, 1.165) is 28.0 Å². The van der Waals surface area contributed by atoms with Crippen LogP contribution in [0.5, 0.6) is 17.2 Å². The molecule has 44 heavy (non-hydrogen) atoms. The van der Waals surface area contributed by atoms with Gasteiger partial charge >= 0.3 is 0 Å². The van der Waals surface area contributed by atoms with Crippen LogP contribution in [-0.2, 0) is 6.61 Å². The number of rotatable bonds is 11. The second kappa shape index (κ2) is 13.5. The summed E-state index contributed by atoms with van der Waals surface area (Å²) >= 11 is 0. The fraction of sp³-hybridized carbons (Fsp3) is 0.250. The number of hydrogen-bond acceptors (Lipinski definition) is 6. The van der Waals surface area contributed by atoms with Crippen molar-refractivity contribution in [1.82, 2.24) is 9.66 Å². The van der Waals surface area contributed by atoms with E-state index in [1.165, 1.54) is 16.8 Å². The zero-order valence-electron chi connectivity index (χ0n) is 25.6. The SMILES string of the molecule is CCOc1cc(C=Nn2c(-c3cc(C(C)C)c(OCC)cc3C)nc3ccccc3c2=O)ccc1OCc1ccc(F)cc1. The highest BCUT2D eigenvalue weighted by Gasteiger charge is 2.18. The van der Waals surface area contributed by atoms with E-state index in [1.807, 2.05) is 63.2 Å². The lowest BCUT2D eigenvalue weighted by molar-refractivity contribution is 0.269. The standard InChI is InChI=1S/C36H36FN3O4/c1-6-42-33-18-24(5)30(20-29(33)23(3)4)35-39-31-11-9-8-10-28(31)36(41)40(35)38-21-26-14-17-32(34(19-26)43-7-2)44-22-25-12-15-27(37)16-13-25/h8-21,23H,6-7,22H2,1-5H3. The van der Waals surface area contributed by atoms with Gasteiger partial charge in [0.2, 0.25) is 0 Å². The number of fused-ring (bicyclic) bond motifs is 1. The van der Waals surface area contributed by atoms with E-state index in [-0.39, 0.29) is 23.9 Å². The molecule has 0 spiro atoms. The molecular formula is C36H36FN3O4. The summed E-state index contributed by atoms with van der Waals surface area (Å²) in [5, 5.41) is 5.14. The first-order valence-electron chi connectivity index (χ1n) is 14.8. The van der Waals surface area contributed by atoms with Crippen molar-refractivity contribution in [3.63, 3.8) is 0 Å². The number of aromatic nitrogens is 2. The third kappa shape index (κ3) is 6.64. The Kier molecular flexibility index (Phi) is 9.38. The second-order valence-electron chi connectivity index (χ2n) is 10.7. The van der Waals surface area contributed by atoms with E-state index in [2.05, 4.69) is 18.9 Å². The largest absolute Gasteiger partial charge is 0.494 e. The molecule has 0 atom stereocenters. The van der Waals surface area contributed by atoms with Crippen LogP contribution in [0.3, 0.4) is 0 Å². The van der Waals surface area contributed by atoms with E-state index in [9.17, 15) is 9.18 Å². The van der Waals surface area contributed by atoms with E-state index in [4.69, 9.17) is 19.2 Å². The van der Waals surface area contributed by atoms with Gasteiger partial charge in [-0.1, -0.05) is 38.1 Å². The van der Waals surface area contributed by atoms with Crippen molar-refractivity contribution in [2.75, 3.05) is 13.2 Å². The van der Waals surface area contributed by atoms with Gasteiger partial charge in [0.1, 0.15) is 18.2 Å². The van der Waals surface area contributed by atoms with Crippen LogP contribution in [0.1, 0.15) is 55.9 Å². The maximum absolute atomic E-state index is 13.8. The van der Waals surface area contributed by atoms with Gasteiger partial charge in [0.25, 0.3) is 5.56 Å². The summed E-state index contributed by atoms with van der Waals surface area (Å²) in [4.78, 5) is 18.7. The van der Waals surface area contributed by atoms with E-state index in [0.29, 0.717) is 47.0 Å². The Morgan fingerprint density at radius 1 is 0.886 bits per heavy atom. The van der Waals surface area contributed by atoms with Gasteiger partial charge in [0, 0.05) is 5.56 Å². The Morgan fingerprint density at radius 2 is 1.61 bits per heavy atom. The Balaban J connectivity index is 1.56. The first kappa shape index (κ1) is 30.5. The molecular weight excluding hydrogens is 557 g/mol. The molecule has 0 amide bonds. The lowest BCUT2D eigenvalue weighted by atomic mass is 9.96. The van der Waals surface area contributed by atoms with Gasteiger partial charge in [-0.2, -0.15) is 9.78 Å². The number of aryl methyl sites for hydroxylation is 1. The normalized spacial score (nSPS) is 11.4. The van der Waals surface area contributed by atoms with Crippen molar-refractivity contribution < 1.29 is 18.6 Å². The molecule has 0 radical (unpaired) electrons. The summed E-state index contributed by atoms with van der Waals surface area (Å²) in [6.45, 7) is 11.3. The number of halogens is 1. The maximum Gasteiger partial charge on any atom is 0.282 e. The van der Waals surface area contributed by atoms with E-state index < -0.39 is 0 Å².